The zero-order chi connectivity index (χ0) is 12.7. The second-order valence-electron chi connectivity index (χ2n) is 4.07. The molecular formula is C14H9BrFNO. The highest BCUT2D eigenvalue weighted by Gasteiger charge is 2.13. The van der Waals surface area contributed by atoms with Crippen molar-refractivity contribution in [1.29, 1.82) is 0 Å². The zero-order valence-corrected chi connectivity index (χ0v) is 11.2. The van der Waals surface area contributed by atoms with E-state index in [1.807, 2.05) is 31.2 Å². The maximum Gasteiger partial charge on any atom is 0.227 e. The van der Waals surface area contributed by atoms with Crippen LogP contribution >= 0.6 is 15.9 Å². The Labute approximate surface area is 112 Å². The molecule has 4 heteroatoms. The van der Waals surface area contributed by atoms with Crippen LogP contribution in [0.4, 0.5) is 4.39 Å². The molecule has 18 heavy (non-hydrogen) atoms. The van der Waals surface area contributed by atoms with E-state index in [9.17, 15) is 4.39 Å². The lowest BCUT2D eigenvalue weighted by Gasteiger charge is -1.98. The first-order valence-electron chi connectivity index (χ1n) is 5.47. The van der Waals surface area contributed by atoms with Crippen molar-refractivity contribution in [2.75, 3.05) is 0 Å². The largest absolute Gasteiger partial charge is 0.435 e. The molecule has 0 amide bonds. The first kappa shape index (κ1) is 11.4. The number of fused-ring (bicyclic) bond motifs is 1. The van der Waals surface area contributed by atoms with Gasteiger partial charge in [0.05, 0.1) is 4.47 Å². The minimum absolute atomic E-state index is 0.334. The van der Waals surface area contributed by atoms with Crippen molar-refractivity contribution in [3.63, 3.8) is 0 Å². The van der Waals surface area contributed by atoms with Crippen LogP contribution in [0.1, 0.15) is 5.56 Å². The van der Waals surface area contributed by atoms with E-state index in [0.717, 1.165) is 11.1 Å². The van der Waals surface area contributed by atoms with E-state index in [-0.39, 0.29) is 5.82 Å². The van der Waals surface area contributed by atoms with Gasteiger partial charge >= 0.3 is 0 Å². The van der Waals surface area contributed by atoms with Gasteiger partial charge in [0.25, 0.3) is 0 Å². The number of hydrogen-bond acceptors (Lipinski definition) is 2. The summed E-state index contributed by atoms with van der Waals surface area (Å²) in [5, 5.41) is 0. The molecule has 2 aromatic carbocycles. The van der Waals surface area contributed by atoms with E-state index >= 15 is 0 Å². The van der Waals surface area contributed by atoms with E-state index in [2.05, 4.69) is 20.9 Å². The highest BCUT2D eigenvalue weighted by molar-refractivity contribution is 9.10. The van der Waals surface area contributed by atoms with Crippen molar-refractivity contribution >= 4 is 27.0 Å². The Balaban J connectivity index is 2.26. The average Bonchev–Trinajstić information content (AvgIpc) is 2.73. The molecule has 0 aliphatic heterocycles. The number of oxazole rings is 1. The van der Waals surface area contributed by atoms with Gasteiger partial charge < -0.3 is 4.42 Å². The molecule has 1 aromatic heterocycles. The molecule has 0 N–H and O–H groups in total. The third-order valence-electron chi connectivity index (χ3n) is 2.78. The van der Waals surface area contributed by atoms with E-state index in [1.54, 1.807) is 0 Å². The van der Waals surface area contributed by atoms with E-state index in [1.165, 1.54) is 12.1 Å². The van der Waals surface area contributed by atoms with Gasteiger partial charge in [0.15, 0.2) is 5.58 Å². The van der Waals surface area contributed by atoms with Gasteiger partial charge in [-0.05, 0) is 40.5 Å². The Morgan fingerprint density at radius 2 is 2.00 bits per heavy atom. The van der Waals surface area contributed by atoms with Gasteiger partial charge in [-0.2, -0.15) is 0 Å². The topological polar surface area (TPSA) is 26.0 Å². The van der Waals surface area contributed by atoms with Crippen LogP contribution in [0.25, 0.3) is 22.6 Å². The predicted molar refractivity (Wildman–Crippen MR) is 71.8 cm³/mol. The first-order chi connectivity index (χ1) is 8.65. The van der Waals surface area contributed by atoms with Crippen LogP contribution < -0.4 is 0 Å². The Morgan fingerprint density at radius 3 is 2.78 bits per heavy atom. The average molecular weight is 306 g/mol. The Bertz CT molecular complexity index is 736. The lowest BCUT2D eigenvalue weighted by atomic mass is 10.1. The summed E-state index contributed by atoms with van der Waals surface area (Å²) >= 11 is 3.28. The van der Waals surface area contributed by atoms with Crippen LogP contribution in [0.2, 0.25) is 0 Å². The number of aryl methyl sites for hydroxylation is 1. The molecule has 90 valence electrons. The lowest BCUT2D eigenvalue weighted by molar-refractivity contribution is 0.611. The highest BCUT2D eigenvalue weighted by Crippen LogP contribution is 2.31. The number of rotatable bonds is 1. The van der Waals surface area contributed by atoms with Crippen LogP contribution in [0, 0.1) is 12.7 Å². The monoisotopic (exact) mass is 305 g/mol. The molecule has 0 saturated carbocycles. The van der Waals surface area contributed by atoms with Gasteiger partial charge in [-0.1, -0.05) is 18.2 Å². The van der Waals surface area contributed by atoms with Crippen molar-refractivity contribution in [1.82, 2.24) is 4.98 Å². The molecule has 3 aromatic rings. The molecule has 3 rings (SSSR count). The summed E-state index contributed by atoms with van der Waals surface area (Å²) in [7, 11) is 0. The number of aromatic nitrogens is 1. The summed E-state index contributed by atoms with van der Waals surface area (Å²) in [5.74, 6) is 0.174. The van der Waals surface area contributed by atoms with Crippen LogP contribution in [-0.2, 0) is 0 Å². The molecule has 0 aliphatic carbocycles. The fourth-order valence-electron chi connectivity index (χ4n) is 1.89. The van der Waals surface area contributed by atoms with Gasteiger partial charge in [0.2, 0.25) is 5.89 Å². The van der Waals surface area contributed by atoms with Crippen molar-refractivity contribution in [2.24, 2.45) is 0 Å². The van der Waals surface area contributed by atoms with Gasteiger partial charge in [-0.3, -0.25) is 0 Å². The number of nitrogens with zero attached hydrogens (tertiary/aromatic N) is 1. The molecule has 2 nitrogen and oxygen atoms in total. The summed E-state index contributed by atoms with van der Waals surface area (Å²) in [4.78, 5) is 4.33. The number of hydrogen-bond donors (Lipinski definition) is 0. The van der Waals surface area contributed by atoms with Crippen LogP contribution in [0.3, 0.4) is 0 Å². The molecule has 0 spiro atoms. The molecule has 1 heterocycles. The molecule has 0 radical (unpaired) electrons. The molecule has 0 unspecified atom stereocenters. The fourth-order valence-corrected chi connectivity index (χ4v) is 2.39. The van der Waals surface area contributed by atoms with Crippen molar-refractivity contribution in [3.05, 3.63) is 52.3 Å². The summed E-state index contributed by atoms with van der Waals surface area (Å²) in [6, 6.07) is 10.5. The Morgan fingerprint density at radius 1 is 1.22 bits per heavy atom. The van der Waals surface area contributed by atoms with Gasteiger partial charge in [0.1, 0.15) is 11.3 Å². The summed E-state index contributed by atoms with van der Waals surface area (Å²) in [6.07, 6.45) is 0. The maximum absolute atomic E-state index is 13.3. The summed E-state index contributed by atoms with van der Waals surface area (Å²) in [5.41, 5.74) is 3.07. The van der Waals surface area contributed by atoms with E-state index in [4.69, 9.17) is 4.42 Å². The quantitative estimate of drug-likeness (QED) is 0.651. The second kappa shape index (κ2) is 4.21. The van der Waals surface area contributed by atoms with Crippen LogP contribution in [0.5, 0.6) is 0 Å². The molecular weight excluding hydrogens is 297 g/mol. The minimum Gasteiger partial charge on any atom is -0.435 e. The second-order valence-corrected chi connectivity index (χ2v) is 4.92. The first-order valence-corrected chi connectivity index (χ1v) is 6.26. The van der Waals surface area contributed by atoms with E-state index in [0.29, 0.717) is 21.5 Å². The van der Waals surface area contributed by atoms with Crippen molar-refractivity contribution < 1.29 is 8.81 Å². The zero-order valence-electron chi connectivity index (χ0n) is 9.58. The SMILES string of the molecule is Cc1ccccc1-c1nc2cc(F)cc(Br)c2o1. The predicted octanol–water partition coefficient (Wildman–Crippen LogP) is 4.70. The molecule has 0 aliphatic rings. The number of halogens is 2. The number of benzene rings is 2. The van der Waals surface area contributed by atoms with Crippen LogP contribution in [-0.4, -0.2) is 4.98 Å². The molecule has 0 bridgehead atoms. The summed E-state index contributed by atoms with van der Waals surface area (Å²) in [6.45, 7) is 1.99. The lowest BCUT2D eigenvalue weighted by Crippen LogP contribution is -1.81. The third kappa shape index (κ3) is 1.82. The highest BCUT2D eigenvalue weighted by atomic mass is 79.9. The Kier molecular flexibility index (Phi) is 2.67. The van der Waals surface area contributed by atoms with Crippen LogP contribution in [0.15, 0.2) is 45.3 Å². The van der Waals surface area contributed by atoms with Crippen molar-refractivity contribution in [2.45, 2.75) is 6.92 Å². The van der Waals surface area contributed by atoms with Gasteiger partial charge in [-0.15, -0.1) is 0 Å². The Hall–Kier alpha value is -1.68. The smallest absolute Gasteiger partial charge is 0.227 e. The summed E-state index contributed by atoms with van der Waals surface area (Å²) < 4.78 is 19.5. The maximum atomic E-state index is 13.3. The van der Waals surface area contributed by atoms with Gasteiger partial charge in [0, 0.05) is 11.6 Å². The van der Waals surface area contributed by atoms with Crippen molar-refractivity contribution in [3.8, 4) is 11.5 Å². The van der Waals surface area contributed by atoms with Gasteiger partial charge in [-0.25, -0.2) is 9.37 Å². The third-order valence-corrected chi connectivity index (χ3v) is 3.37. The fraction of sp³-hybridized carbons (Fsp3) is 0.0714. The molecule has 0 saturated heterocycles. The molecule has 0 fully saturated rings. The molecule has 0 atom stereocenters. The minimum atomic E-state index is -0.334. The van der Waals surface area contributed by atoms with E-state index < -0.39 is 0 Å². The standard InChI is InChI=1S/C14H9BrFNO/c1-8-4-2-3-5-10(8)14-17-12-7-9(16)6-11(15)13(12)18-14/h2-7H,1H3. The normalized spacial score (nSPS) is 11.1.